The van der Waals surface area contributed by atoms with E-state index in [9.17, 15) is 19.1 Å². The average Bonchev–Trinajstić information content (AvgIpc) is 2.41. The van der Waals surface area contributed by atoms with Gasteiger partial charge in [0.15, 0.2) is 0 Å². The predicted octanol–water partition coefficient (Wildman–Crippen LogP) is 2.03. The van der Waals surface area contributed by atoms with E-state index in [1.54, 1.807) is 18.2 Å². The van der Waals surface area contributed by atoms with Crippen molar-refractivity contribution < 1.29 is 19.1 Å². The number of hydrogen-bond donors (Lipinski definition) is 1. The summed E-state index contributed by atoms with van der Waals surface area (Å²) in [4.78, 5) is 24.9. The lowest BCUT2D eigenvalue weighted by Crippen LogP contribution is -2.46. The summed E-state index contributed by atoms with van der Waals surface area (Å²) in [5.74, 6) is -2.52. The van der Waals surface area contributed by atoms with Crippen LogP contribution in [0.15, 0.2) is 36.9 Å². The molecule has 0 radical (unpaired) electrons. The molecule has 0 bridgehead atoms. The molecule has 1 fully saturated rings. The second-order valence-electron chi connectivity index (χ2n) is 4.89. The lowest BCUT2D eigenvalue weighted by atomic mass is 9.80. The highest BCUT2D eigenvalue weighted by Crippen LogP contribution is 2.34. The van der Waals surface area contributed by atoms with Gasteiger partial charge in [0.05, 0.1) is 5.92 Å². The molecule has 0 aromatic heterocycles. The van der Waals surface area contributed by atoms with E-state index in [2.05, 4.69) is 6.58 Å². The molecule has 5 heteroatoms. The number of piperidine rings is 1. The van der Waals surface area contributed by atoms with Gasteiger partial charge in [0.2, 0.25) is 5.91 Å². The second-order valence-corrected chi connectivity index (χ2v) is 4.89. The molecule has 2 atom stereocenters. The van der Waals surface area contributed by atoms with Crippen LogP contribution in [0.5, 0.6) is 0 Å². The van der Waals surface area contributed by atoms with Crippen molar-refractivity contribution in [1.29, 1.82) is 0 Å². The van der Waals surface area contributed by atoms with E-state index >= 15 is 0 Å². The summed E-state index contributed by atoms with van der Waals surface area (Å²) in [7, 11) is 0. The van der Waals surface area contributed by atoms with Crippen molar-refractivity contribution >= 4 is 11.9 Å². The lowest BCUT2D eigenvalue weighted by Gasteiger charge is -2.36. The Hall–Kier alpha value is -2.17. The van der Waals surface area contributed by atoms with Crippen LogP contribution in [0.25, 0.3) is 0 Å². The number of likely N-dealkylation sites (tertiary alicyclic amines) is 1. The first-order valence-corrected chi connectivity index (χ1v) is 6.40. The third-order valence-electron chi connectivity index (χ3n) is 3.61. The van der Waals surface area contributed by atoms with Crippen LogP contribution < -0.4 is 0 Å². The van der Waals surface area contributed by atoms with Crippen molar-refractivity contribution in [2.24, 2.45) is 5.92 Å². The zero-order valence-electron chi connectivity index (χ0n) is 11.0. The standard InChI is InChI=1S/C15H16FNO3/c1-2-7-17-9-13(15(19)20)12(8-14(17)18)10-3-5-11(16)6-4-10/h2-6,12-13H,1,7-9H2,(H,19,20). The van der Waals surface area contributed by atoms with Gasteiger partial charge in [-0.3, -0.25) is 9.59 Å². The highest BCUT2D eigenvalue weighted by Gasteiger charge is 2.38. The number of amides is 1. The Morgan fingerprint density at radius 1 is 1.45 bits per heavy atom. The van der Waals surface area contributed by atoms with Gasteiger partial charge in [0.25, 0.3) is 0 Å². The maximum absolute atomic E-state index is 12.9. The van der Waals surface area contributed by atoms with Crippen LogP contribution in [-0.4, -0.2) is 35.0 Å². The second kappa shape index (κ2) is 5.86. The summed E-state index contributed by atoms with van der Waals surface area (Å²) in [6.07, 6.45) is 1.70. The minimum Gasteiger partial charge on any atom is -0.481 e. The maximum atomic E-state index is 12.9. The number of rotatable bonds is 4. The Morgan fingerprint density at radius 2 is 2.10 bits per heavy atom. The highest BCUT2D eigenvalue weighted by atomic mass is 19.1. The van der Waals surface area contributed by atoms with Gasteiger partial charge < -0.3 is 10.0 Å². The summed E-state index contributed by atoms with van der Waals surface area (Å²) < 4.78 is 12.9. The van der Waals surface area contributed by atoms with Gasteiger partial charge in [-0.1, -0.05) is 18.2 Å². The minimum atomic E-state index is -0.944. The molecule has 1 aromatic carbocycles. The average molecular weight is 277 g/mol. The molecule has 1 aliphatic rings. The number of carboxylic acid groups (broad SMARTS) is 1. The van der Waals surface area contributed by atoms with Crippen molar-refractivity contribution in [2.45, 2.75) is 12.3 Å². The highest BCUT2D eigenvalue weighted by molar-refractivity contribution is 5.82. The third-order valence-corrected chi connectivity index (χ3v) is 3.61. The van der Waals surface area contributed by atoms with Crippen LogP contribution in [-0.2, 0) is 9.59 Å². The Labute approximate surface area is 116 Å². The van der Waals surface area contributed by atoms with E-state index in [1.165, 1.54) is 17.0 Å². The van der Waals surface area contributed by atoms with Crippen LogP contribution in [0, 0.1) is 11.7 Å². The summed E-state index contributed by atoms with van der Waals surface area (Å²) in [5, 5.41) is 9.36. The molecule has 1 aromatic rings. The number of benzene rings is 1. The lowest BCUT2D eigenvalue weighted by molar-refractivity contribution is -0.148. The first-order valence-electron chi connectivity index (χ1n) is 6.40. The third kappa shape index (κ3) is 2.87. The molecule has 2 unspecified atom stereocenters. The van der Waals surface area contributed by atoms with Crippen molar-refractivity contribution in [3.8, 4) is 0 Å². The van der Waals surface area contributed by atoms with Crippen LogP contribution in [0.2, 0.25) is 0 Å². The molecule has 0 aliphatic carbocycles. The Balaban J connectivity index is 2.27. The van der Waals surface area contributed by atoms with E-state index < -0.39 is 17.8 Å². The molecule has 1 heterocycles. The van der Waals surface area contributed by atoms with E-state index in [4.69, 9.17) is 0 Å². The first-order chi connectivity index (χ1) is 9.52. The molecule has 106 valence electrons. The number of halogens is 1. The molecule has 1 saturated heterocycles. The number of carbonyl (C=O) groups excluding carboxylic acids is 1. The van der Waals surface area contributed by atoms with Gasteiger partial charge in [-0.05, 0) is 17.7 Å². The van der Waals surface area contributed by atoms with Gasteiger partial charge in [-0.25, -0.2) is 4.39 Å². The number of aliphatic carboxylic acids is 1. The van der Waals surface area contributed by atoms with Crippen molar-refractivity contribution in [3.63, 3.8) is 0 Å². The normalized spacial score (nSPS) is 22.6. The van der Waals surface area contributed by atoms with Gasteiger partial charge in [-0.2, -0.15) is 0 Å². The largest absolute Gasteiger partial charge is 0.481 e. The zero-order valence-corrected chi connectivity index (χ0v) is 11.0. The first kappa shape index (κ1) is 14.2. The monoisotopic (exact) mass is 277 g/mol. The quantitative estimate of drug-likeness (QED) is 0.857. The fourth-order valence-corrected chi connectivity index (χ4v) is 2.57. The molecule has 4 nitrogen and oxygen atoms in total. The smallest absolute Gasteiger partial charge is 0.308 e. The summed E-state index contributed by atoms with van der Waals surface area (Å²) in [6, 6.07) is 5.67. The van der Waals surface area contributed by atoms with E-state index in [-0.39, 0.29) is 24.7 Å². The topological polar surface area (TPSA) is 57.6 Å². The number of carboxylic acids is 1. The molecule has 0 saturated carbocycles. The minimum absolute atomic E-state index is 0.100. The Morgan fingerprint density at radius 3 is 2.65 bits per heavy atom. The SMILES string of the molecule is C=CCN1CC(C(=O)O)C(c2ccc(F)cc2)CC1=O. The van der Waals surface area contributed by atoms with Crippen molar-refractivity contribution in [1.82, 2.24) is 4.90 Å². The molecule has 0 spiro atoms. The van der Waals surface area contributed by atoms with Crippen LogP contribution in [0.4, 0.5) is 4.39 Å². The predicted molar refractivity (Wildman–Crippen MR) is 71.7 cm³/mol. The van der Waals surface area contributed by atoms with Gasteiger partial charge in [-0.15, -0.1) is 6.58 Å². The number of nitrogens with zero attached hydrogens (tertiary/aromatic N) is 1. The number of carbonyl (C=O) groups is 2. The van der Waals surface area contributed by atoms with Crippen molar-refractivity contribution in [3.05, 3.63) is 48.3 Å². The van der Waals surface area contributed by atoms with E-state index in [0.29, 0.717) is 12.1 Å². The molecule has 1 N–H and O–H groups in total. The maximum Gasteiger partial charge on any atom is 0.308 e. The van der Waals surface area contributed by atoms with Crippen LogP contribution in [0.3, 0.4) is 0 Å². The molecular formula is C15H16FNO3. The van der Waals surface area contributed by atoms with E-state index in [0.717, 1.165) is 0 Å². The Bertz CT molecular complexity index is 526. The Kier molecular flexibility index (Phi) is 4.17. The summed E-state index contributed by atoms with van der Waals surface area (Å²) >= 11 is 0. The van der Waals surface area contributed by atoms with Crippen LogP contribution >= 0.6 is 0 Å². The van der Waals surface area contributed by atoms with Gasteiger partial charge in [0, 0.05) is 25.4 Å². The molecule has 20 heavy (non-hydrogen) atoms. The van der Waals surface area contributed by atoms with E-state index in [1.807, 2.05) is 0 Å². The molecule has 1 aliphatic heterocycles. The van der Waals surface area contributed by atoms with Gasteiger partial charge >= 0.3 is 5.97 Å². The molecule has 1 amide bonds. The van der Waals surface area contributed by atoms with Crippen LogP contribution in [0.1, 0.15) is 17.9 Å². The zero-order chi connectivity index (χ0) is 14.7. The summed E-state index contributed by atoms with van der Waals surface area (Å²) in [5.41, 5.74) is 0.686. The van der Waals surface area contributed by atoms with Gasteiger partial charge in [0.1, 0.15) is 5.82 Å². The number of hydrogen-bond acceptors (Lipinski definition) is 2. The fraction of sp³-hybridized carbons (Fsp3) is 0.333. The fourth-order valence-electron chi connectivity index (χ4n) is 2.57. The molecule has 2 rings (SSSR count). The van der Waals surface area contributed by atoms with Crippen molar-refractivity contribution in [2.75, 3.05) is 13.1 Å². The molecular weight excluding hydrogens is 261 g/mol. The summed E-state index contributed by atoms with van der Waals surface area (Å²) in [6.45, 7) is 4.06.